The molecule has 19 heavy (non-hydrogen) atoms. The van der Waals surface area contributed by atoms with E-state index in [0.717, 1.165) is 30.6 Å². The number of anilines is 1. The molecule has 3 rings (SSSR count). The fourth-order valence-corrected chi connectivity index (χ4v) is 3.08. The molecule has 1 fully saturated rings. The van der Waals surface area contributed by atoms with Crippen LogP contribution in [0.25, 0.3) is 10.2 Å². The van der Waals surface area contributed by atoms with Gasteiger partial charge in [-0.2, -0.15) is 0 Å². The van der Waals surface area contributed by atoms with Crippen LogP contribution < -0.4 is 10.6 Å². The van der Waals surface area contributed by atoms with E-state index in [0.29, 0.717) is 11.2 Å². The van der Waals surface area contributed by atoms with Crippen LogP contribution in [-0.4, -0.2) is 29.0 Å². The minimum Gasteiger partial charge on any atom is -0.377 e. The molecular weight excluding hydrogens is 264 g/mol. The van der Waals surface area contributed by atoms with Crippen molar-refractivity contribution < 1.29 is 4.92 Å². The van der Waals surface area contributed by atoms with E-state index in [1.54, 1.807) is 11.6 Å². The summed E-state index contributed by atoms with van der Waals surface area (Å²) in [7, 11) is 0. The molecule has 6 nitrogen and oxygen atoms in total. The van der Waals surface area contributed by atoms with Crippen LogP contribution in [0.1, 0.15) is 12.8 Å². The first-order valence-electron chi connectivity index (χ1n) is 6.23. The summed E-state index contributed by atoms with van der Waals surface area (Å²) in [4.78, 5) is 15.1. The van der Waals surface area contributed by atoms with E-state index in [2.05, 4.69) is 15.6 Å². The van der Waals surface area contributed by atoms with E-state index in [9.17, 15) is 10.1 Å². The van der Waals surface area contributed by atoms with Crippen molar-refractivity contribution in [1.29, 1.82) is 0 Å². The zero-order valence-electron chi connectivity index (χ0n) is 10.3. The van der Waals surface area contributed by atoms with Crippen molar-refractivity contribution >= 4 is 32.9 Å². The number of fused-ring (bicyclic) bond motifs is 1. The Kier molecular flexibility index (Phi) is 3.31. The van der Waals surface area contributed by atoms with E-state index >= 15 is 0 Å². The fourth-order valence-electron chi connectivity index (χ4n) is 2.40. The van der Waals surface area contributed by atoms with Gasteiger partial charge in [-0.25, -0.2) is 4.98 Å². The van der Waals surface area contributed by atoms with Gasteiger partial charge >= 0.3 is 5.69 Å². The molecule has 0 unspecified atom stereocenters. The average molecular weight is 278 g/mol. The SMILES string of the molecule is O=[N+]([O-])c1c(NC2CCNCC2)ccc2scnc12. The molecule has 7 heteroatoms. The number of nitrogens with one attached hydrogen (secondary N) is 2. The summed E-state index contributed by atoms with van der Waals surface area (Å²) in [5.41, 5.74) is 2.80. The number of rotatable bonds is 3. The Hall–Kier alpha value is -1.73. The van der Waals surface area contributed by atoms with Crippen LogP contribution in [0, 0.1) is 10.1 Å². The lowest BCUT2D eigenvalue weighted by molar-refractivity contribution is -0.382. The highest BCUT2D eigenvalue weighted by Crippen LogP contribution is 2.35. The summed E-state index contributed by atoms with van der Waals surface area (Å²) >= 11 is 1.42. The molecule has 0 amide bonds. The van der Waals surface area contributed by atoms with Crippen molar-refractivity contribution in [3.63, 3.8) is 0 Å². The Morgan fingerprint density at radius 2 is 2.21 bits per heavy atom. The van der Waals surface area contributed by atoms with Gasteiger partial charge in [-0.15, -0.1) is 11.3 Å². The van der Waals surface area contributed by atoms with Gasteiger partial charge in [-0.3, -0.25) is 10.1 Å². The van der Waals surface area contributed by atoms with Crippen molar-refractivity contribution in [1.82, 2.24) is 10.3 Å². The van der Waals surface area contributed by atoms with Gasteiger partial charge in [0, 0.05) is 6.04 Å². The predicted molar refractivity (Wildman–Crippen MR) is 75.8 cm³/mol. The Balaban J connectivity index is 1.97. The van der Waals surface area contributed by atoms with Gasteiger partial charge < -0.3 is 10.6 Å². The predicted octanol–water partition coefficient (Wildman–Crippen LogP) is 2.37. The highest BCUT2D eigenvalue weighted by Gasteiger charge is 2.23. The third kappa shape index (κ3) is 2.39. The van der Waals surface area contributed by atoms with Gasteiger partial charge in [0.15, 0.2) is 5.52 Å². The summed E-state index contributed by atoms with van der Waals surface area (Å²) < 4.78 is 0.850. The first-order valence-corrected chi connectivity index (χ1v) is 7.11. The number of nitro benzene ring substituents is 1. The van der Waals surface area contributed by atoms with Crippen LogP contribution >= 0.6 is 11.3 Å². The molecule has 0 aliphatic carbocycles. The van der Waals surface area contributed by atoms with Gasteiger partial charge in [-0.05, 0) is 38.1 Å². The Labute approximate surface area is 114 Å². The van der Waals surface area contributed by atoms with E-state index in [4.69, 9.17) is 0 Å². The smallest absolute Gasteiger partial charge is 0.319 e. The summed E-state index contributed by atoms with van der Waals surface area (Å²) in [5, 5.41) is 17.9. The zero-order valence-corrected chi connectivity index (χ0v) is 11.1. The quantitative estimate of drug-likeness (QED) is 0.665. The summed E-state index contributed by atoms with van der Waals surface area (Å²) in [6, 6.07) is 3.97. The van der Waals surface area contributed by atoms with Gasteiger partial charge in [0.2, 0.25) is 0 Å². The third-order valence-corrected chi connectivity index (χ3v) is 4.15. The minimum atomic E-state index is -0.342. The summed E-state index contributed by atoms with van der Waals surface area (Å²) in [5.74, 6) is 0. The molecule has 0 saturated carbocycles. The van der Waals surface area contributed by atoms with E-state index in [-0.39, 0.29) is 16.7 Å². The average Bonchev–Trinajstić information content (AvgIpc) is 2.87. The van der Waals surface area contributed by atoms with E-state index in [1.165, 1.54) is 11.3 Å². The number of piperidine rings is 1. The highest BCUT2D eigenvalue weighted by atomic mass is 32.1. The lowest BCUT2D eigenvalue weighted by Crippen LogP contribution is -2.35. The standard InChI is InChI=1S/C12H14N4O2S/c17-16(18)12-9(15-8-3-5-13-6-4-8)1-2-10-11(12)14-7-19-10/h1-2,7-8,13,15H,3-6H2. The van der Waals surface area contributed by atoms with Gasteiger partial charge in [0.05, 0.1) is 15.1 Å². The molecule has 1 aliphatic heterocycles. The van der Waals surface area contributed by atoms with Crippen molar-refractivity contribution in [2.75, 3.05) is 18.4 Å². The molecule has 2 aromatic rings. The monoisotopic (exact) mass is 278 g/mol. The first kappa shape index (κ1) is 12.3. The first-order chi connectivity index (χ1) is 9.25. The molecule has 1 saturated heterocycles. The molecule has 1 aliphatic rings. The van der Waals surface area contributed by atoms with Crippen molar-refractivity contribution in [2.45, 2.75) is 18.9 Å². The van der Waals surface area contributed by atoms with Crippen LogP contribution in [0.3, 0.4) is 0 Å². The lowest BCUT2D eigenvalue weighted by Gasteiger charge is -2.24. The second kappa shape index (κ2) is 5.10. The lowest BCUT2D eigenvalue weighted by atomic mass is 10.1. The maximum atomic E-state index is 11.3. The highest BCUT2D eigenvalue weighted by molar-refractivity contribution is 7.16. The molecule has 100 valence electrons. The molecule has 0 atom stereocenters. The molecule has 1 aromatic heterocycles. The number of hydrogen-bond acceptors (Lipinski definition) is 6. The van der Waals surface area contributed by atoms with Crippen molar-refractivity contribution in [2.24, 2.45) is 0 Å². The summed E-state index contributed by atoms with van der Waals surface area (Å²) in [6.45, 7) is 1.90. The molecule has 2 N–H and O–H groups in total. The Morgan fingerprint density at radius 3 is 2.95 bits per heavy atom. The second-order valence-corrected chi connectivity index (χ2v) is 5.47. The largest absolute Gasteiger partial charge is 0.377 e. The second-order valence-electron chi connectivity index (χ2n) is 4.59. The number of aromatic nitrogens is 1. The number of hydrogen-bond donors (Lipinski definition) is 2. The van der Waals surface area contributed by atoms with Crippen LogP contribution in [0.5, 0.6) is 0 Å². The van der Waals surface area contributed by atoms with Crippen LogP contribution in [0.4, 0.5) is 11.4 Å². The third-order valence-electron chi connectivity index (χ3n) is 3.36. The number of benzene rings is 1. The normalized spacial score (nSPS) is 16.6. The maximum Gasteiger partial charge on any atom is 0.319 e. The summed E-state index contributed by atoms with van der Waals surface area (Å²) in [6.07, 6.45) is 1.96. The van der Waals surface area contributed by atoms with Crippen LogP contribution in [-0.2, 0) is 0 Å². The molecule has 1 aromatic carbocycles. The Morgan fingerprint density at radius 1 is 1.42 bits per heavy atom. The molecule has 0 radical (unpaired) electrons. The van der Waals surface area contributed by atoms with Gasteiger partial charge in [0.1, 0.15) is 5.69 Å². The van der Waals surface area contributed by atoms with Crippen molar-refractivity contribution in [3.05, 3.63) is 27.8 Å². The van der Waals surface area contributed by atoms with Crippen LogP contribution in [0.2, 0.25) is 0 Å². The fraction of sp³-hybridized carbons (Fsp3) is 0.417. The number of nitro groups is 1. The molecular formula is C12H14N4O2S. The number of thiazole rings is 1. The number of nitrogens with zero attached hydrogens (tertiary/aromatic N) is 2. The van der Waals surface area contributed by atoms with E-state index < -0.39 is 0 Å². The van der Waals surface area contributed by atoms with E-state index in [1.807, 2.05) is 6.07 Å². The molecule has 2 heterocycles. The van der Waals surface area contributed by atoms with Crippen LogP contribution in [0.15, 0.2) is 17.6 Å². The Bertz CT molecular complexity index is 607. The molecule has 0 bridgehead atoms. The maximum absolute atomic E-state index is 11.3. The molecule has 0 spiro atoms. The van der Waals surface area contributed by atoms with Gasteiger partial charge in [-0.1, -0.05) is 0 Å². The minimum absolute atomic E-state index is 0.0947. The topological polar surface area (TPSA) is 80.1 Å². The van der Waals surface area contributed by atoms with Gasteiger partial charge in [0.25, 0.3) is 0 Å². The zero-order chi connectivity index (χ0) is 13.2. The van der Waals surface area contributed by atoms with Crippen molar-refractivity contribution in [3.8, 4) is 0 Å².